The molecule has 0 bridgehead atoms. The van der Waals surface area contributed by atoms with Gasteiger partial charge < -0.3 is 4.98 Å². The minimum atomic E-state index is -0.454. The van der Waals surface area contributed by atoms with Crippen LogP contribution >= 0.6 is 0 Å². The lowest BCUT2D eigenvalue weighted by atomic mass is 10.1. The molecular weight excluding hydrogens is 354 g/mol. The van der Waals surface area contributed by atoms with Gasteiger partial charge in [-0.2, -0.15) is 0 Å². The van der Waals surface area contributed by atoms with Crippen LogP contribution in [0, 0.1) is 0 Å². The maximum atomic E-state index is 13.3. The standard InChI is InChI=1S/C21H21N5O2/c1-15-7-6-12-25(17-9-3-2-4-10-17)26(15)21(28)18-14-23-19(24-20(18)27)16-8-5-11-22-13-16/h2-5,8-11,13-15H,6-7,12H2,1H3,(H,23,24,27)/t15-/m1/s1. The third kappa shape index (κ3) is 3.38. The number of hydrogen-bond donors (Lipinski definition) is 1. The number of aromatic nitrogens is 3. The van der Waals surface area contributed by atoms with Crippen LogP contribution in [0.2, 0.25) is 0 Å². The molecule has 1 aromatic carbocycles. The second-order valence-corrected chi connectivity index (χ2v) is 6.82. The first-order chi connectivity index (χ1) is 13.6. The van der Waals surface area contributed by atoms with Crippen LogP contribution in [0.3, 0.4) is 0 Å². The summed E-state index contributed by atoms with van der Waals surface area (Å²) in [6.07, 6.45) is 6.48. The van der Waals surface area contributed by atoms with Crippen molar-refractivity contribution in [3.05, 3.63) is 77.0 Å². The van der Waals surface area contributed by atoms with E-state index in [1.54, 1.807) is 29.5 Å². The Kier molecular flexibility index (Phi) is 4.89. The second kappa shape index (κ2) is 7.64. The van der Waals surface area contributed by atoms with Crippen LogP contribution in [0.1, 0.15) is 30.1 Å². The first-order valence-electron chi connectivity index (χ1n) is 9.31. The summed E-state index contributed by atoms with van der Waals surface area (Å²) in [4.78, 5) is 37.0. The fraction of sp³-hybridized carbons (Fsp3) is 0.238. The zero-order chi connectivity index (χ0) is 19.5. The number of amides is 1. The van der Waals surface area contributed by atoms with Gasteiger partial charge in [0.25, 0.3) is 11.5 Å². The van der Waals surface area contributed by atoms with Gasteiger partial charge in [0, 0.05) is 30.7 Å². The molecule has 1 saturated heterocycles. The molecule has 0 saturated carbocycles. The van der Waals surface area contributed by atoms with Gasteiger partial charge in [-0.25, -0.2) is 9.99 Å². The van der Waals surface area contributed by atoms with Crippen LogP contribution in [-0.4, -0.2) is 38.5 Å². The number of aromatic amines is 1. The highest BCUT2D eigenvalue weighted by Crippen LogP contribution is 2.26. The fourth-order valence-corrected chi connectivity index (χ4v) is 3.49. The molecule has 3 aromatic rings. The number of para-hydroxylation sites is 1. The van der Waals surface area contributed by atoms with Crippen molar-refractivity contribution < 1.29 is 4.79 Å². The summed E-state index contributed by atoms with van der Waals surface area (Å²) >= 11 is 0. The molecular formula is C21H21N5O2. The van der Waals surface area contributed by atoms with Crippen molar-refractivity contribution in [2.24, 2.45) is 0 Å². The molecule has 1 aliphatic rings. The van der Waals surface area contributed by atoms with Crippen molar-refractivity contribution in [1.29, 1.82) is 0 Å². The number of rotatable bonds is 3. The Bertz CT molecular complexity index is 1020. The van der Waals surface area contributed by atoms with E-state index in [1.807, 2.05) is 42.3 Å². The van der Waals surface area contributed by atoms with Crippen LogP contribution in [0.15, 0.2) is 65.8 Å². The SMILES string of the molecule is C[C@@H]1CCCN(c2ccccc2)N1C(=O)c1cnc(-c2cccnc2)[nH]c1=O. The van der Waals surface area contributed by atoms with Crippen molar-refractivity contribution in [2.45, 2.75) is 25.8 Å². The van der Waals surface area contributed by atoms with Crippen LogP contribution in [0.25, 0.3) is 11.4 Å². The molecule has 1 N–H and O–H groups in total. The molecule has 0 aliphatic carbocycles. The van der Waals surface area contributed by atoms with Crippen molar-refractivity contribution in [3.63, 3.8) is 0 Å². The highest BCUT2D eigenvalue weighted by atomic mass is 16.2. The summed E-state index contributed by atoms with van der Waals surface area (Å²) in [6, 6.07) is 13.3. The van der Waals surface area contributed by atoms with Crippen molar-refractivity contribution in [1.82, 2.24) is 20.0 Å². The molecule has 7 nitrogen and oxygen atoms in total. The number of pyridine rings is 1. The van der Waals surface area contributed by atoms with Gasteiger partial charge in [-0.3, -0.25) is 19.6 Å². The Labute approximate surface area is 162 Å². The fourth-order valence-electron chi connectivity index (χ4n) is 3.49. The lowest BCUT2D eigenvalue weighted by Crippen LogP contribution is -2.55. The molecule has 0 radical (unpaired) electrons. The van der Waals surface area contributed by atoms with Crippen LogP contribution in [0.5, 0.6) is 0 Å². The Morgan fingerprint density at radius 1 is 1.14 bits per heavy atom. The summed E-state index contributed by atoms with van der Waals surface area (Å²) < 4.78 is 0. The number of hydrazine groups is 1. The summed E-state index contributed by atoms with van der Waals surface area (Å²) in [5.74, 6) is 0.0452. The van der Waals surface area contributed by atoms with E-state index >= 15 is 0 Å². The van der Waals surface area contributed by atoms with E-state index in [4.69, 9.17) is 0 Å². The molecule has 0 unspecified atom stereocenters. The Morgan fingerprint density at radius 2 is 1.96 bits per heavy atom. The normalized spacial score (nSPS) is 16.8. The number of nitrogens with one attached hydrogen (secondary N) is 1. The van der Waals surface area contributed by atoms with Gasteiger partial charge >= 0.3 is 0 Å². The Hall–Kier alpha value is -3.48. The predicted molar refractivity (Wildman–Crippen MR) is 107 cm³/mol. The summed E-state index contributed by atoms with van der Waals surface area (Å²) in [5, 5.41) is 3.62. The molecule has 0 spiro atoms. The van der Waals surface area contributed by atoms with Gasteiger partial charge in [-0.05, 0) is 44.0 Å². The molecule has 2 aromatic heterocycles. The van der Waals surface area contributed by atoms with Gasteiger partial charge in [0.05, 0.1) is 11.7 Å². The first kappa shape index (κ1) is 17.9. The van der Waals surface area contributed by atoms with E-state index in [-0.39, 0.29) is 17.5 Å². The molecule has 3 heterocycles. The zero-order valence-corrected chi connectivity index (χ0v) is 15.6. The average molecular weight is 375 g/mol. The second-order valence-electron chi connectivity index (χ2n) is 6.82. The number of carbonyl (C=O) groups excluding carboxylic acids is 1. The summed E-state index contributed by atoms with van der Waals surface area (Å²) in [5.41, 5.74) is 1.20. The first-order valence-corrected chi connectivity index (χ1v) is 9.31. The average Bonchev–Trinajstić information content (AvgIpc) is 2.74. The number of hydrogen-bond acceptors (Lipinski definition) is 5. The highest BCUT2D eigenvalue weighted by molar-refractivity contribution is 5.95. The number of H-pyrrole nitrogens is 1. The van der Waals surface area contributed by atoms with E-state index in [2.05, 4.69) is 15.0 Å². The third-order valence-corrected chi connectivity index (χ3v) is 4.90. The molecule has 4 rings (SSSR count). The molecule has 142 valence electrons. The van der Waals surface area contributed by atoms with Gasteiger partial charge in [-0.1, -0.05) is 18.2 Å². The van der Waals surface area contributed by atoms with Gasteiger partial charge in [-0.15, -0.1) is 0 Å². The molecule has 28 heavy (non-hydrogen) atoms. The molecule has 1 amide bonds. The van der Waals surface area contributed by atoms with Crippen molar-refractivity contribution >= 4 is 11.6 Å². The van der Waals surface area contributed by atoms with E-state index in [1.165, 1.54) is 6.20 Å². The quantitative estimate of drug-likeness (QED) is 0.761. The van der Waals surface area contributed by atoms with E-state index in [0.29, 0.717) is 11.4 Å². The molecule has 1 fully saturated rings. The minimum absolute atomic E-state index is 0.0149. The van der Waals surface area contributed by atoms with Crippen LogP contribution in [0.4, 0.5) is 5.69 Å². The summed E-state index contributed by atoms with van der Waals surface area (Å²) in [7, 11) is 0. The van der Waals surface area contributed by atoms with Crippen LogP contribution < -0.4 is 10.6 Å². The lowest BCUT2D eigenvalue weighted by Gasteiger charge is -2.44. The molecule has 1 aliphatic heterocycles. The summed E-state index contributed by atoms with van der Waals surface area (Å²) in [6.45, 7) is 2.72. The Morgan fingerprint density at radius 3 is 2.68 bits per heavy atom. The zero-order valence-electron chi connectivity index (χ0n) is 15.6. The number of carbonyl (C=O) groups is 1. The topological polar surface area (TPSA) is 82.2 Å². The van der Waals surface area contributed by atoms with E-state index < -0.39 is 5.56 Å². The minimum Gasteiger partial charge on any atom is -0.306 e. The predicted octanol–water partition coefficient (Wildman–Crippen LogP) is 2.88. The largest absolute Gasteiger partial charge is 0.306 e. The maximum Gasteiger partial charge on any atom is 0.279 e. The monoisotopic (exact) mass is 375 g/mol. The highest BCUT2D eigenvalue weighted by Gasteiger charge is 2.32. The number of anilines is 1. The number of nitrogens with zero attached hydrogens (tertiary/aromatic N) is 4. The maximum absolute atomic E-state index is 13.3. The molecule has 1 atom stereocenters. The number of benzene rings is 1. The van der Waals surface area contributed by atoms with Gasteiger partial charge in [0.1, 0.15) is 11.4 Å². The third-order valence-electron chi connectivity index (χ3n) is 4.90. The van der Waals surface area contributed by atoms with E-state index in [9.17, 15) is 9.59 Å². The smallest absolute Gasteiger partial charge is 0.279 e. The van der Waals surface area contributed by atoms with Crippen molar-refractivity contribution in [2.75, 3.05) is 11.6 Å². The molecule has 7 heteroatoms. The van der Waals surface area contributed by atoms with Crippen molar-refractivity contribution in [3.8, 4) is 11.4 Å². The van der Waals surface area contributed by atoms with Gasteiger partial charge in [0.15, 0.2) is 0 Å². The van der Waals surface area contributed by atoms with Crippen LogP contribution in [-0.2, 0) is 0 Å². The van der Waals surface area contributed by atoms with E-state index in [0.717, 1.165) is 25.1 Å². The lowest BCUT2D eigenvalue weighted by molar-refractivity contribution is 0.0606. The Balaban J connectivity index is 1.68. The van der Waals surface area contributed by atoms with Gasteiger partial charge in [0.2, 0.25) is 0 Å².